The number of hydrogen-bond acceptors (Lipinski definition) is 2. The van der Waals surface area contributed by atoms with Gasteiger partial charge in [0.1, 0.15) is 0 Å². The van der Waals surface area contributed by atoms with Crippen molar-refractivity contribution in [2.45, 2.75) is 51.0 Å². The van der Waals surface area contributed by atoms with Gasteiger partial charge >= 0.3 is 0 Å². The van der Waals surface area contributed by atoms with Crippen LogP contribution >= 0.6 is 0 Å². The number of rotatable bonds is 6. The van der Waals surface area contributed by atoms with Gasteiger partial charge in [0.25, 0.3) is 0 Å². The summed E-state index contributed by atoms with van der Waals surface area (Å²) in [6.07, 6.45) is 5.06. The van der Waals surface area contributed by atoms with Crippen molar-refractivity contribution in [3.8, 4) is 0 Å². The van der Waals surface area contributed by atoms with Gasteiger partial charge in [-0.3, -0.25) is 9.59 Å². The lowest BCUT2D eigenvalue weighted by Gasteiger charge is -2.31. The summed E-state index contributed by atoms with van der Waals surface area (Å²) < 4.78 is 0. The molecule has 2 atom stereocenters. The van der Waals surface area contributed by atoms with Gasteiger partial charge in [-0.05, 0) is 37.7 Å². The molecule has 1 heterocycles. The Balaban J connectivity index is 1.63. The highest BCUT2D eigenvalue weighted by Gasteiger charge is 2.35. The molecular formula is C19H26N2O2. The van der Waals surface area contributed by atoms with Crippen LogP contribution in [-0.4, -0.2) is 35.8 Å². The maximum atomic E-state index is 12.6. The van der Waals surface area contributed by atoms with Crippen LogP contribution in [0.3, 0.4) is 0 Å². The molecule has 1 aliphatic carbocycles. The Hall–Kier alpha value is -1.84. The molecule has 0 unspecified atom stereocenters. The van der Waals surface area contributed by atoms with E-state index in [1.807, 2.05) is 11.0 Å². The minimum Gasteiger partial charge on any atom is -0.347 e. The number of carbonyl (C=O) groups is 2. The van der Waals surface area contributed by atoms with E-state index in [4.69, 9.17) is 0 Å². The second-order valence-electron chi connectivity index (χ2n) is 6.71. The number of likely N-dealkylation sites (tertiary alicyclic amines) is 1. The van der Waals surface area contributed by atoms with Crippen LogP contribution in [0.5, 0.6) is 0 Å². The molecule has 124 valence electrons. The van der Waals surface area contributed by atoms with E-state index in [1.165, 1.54) is 5.56 Å². The summed E-state index contributed by atoms with van der Waals surface area (Å²) in [5.74, 6) is 0.645. The van der Waals surface area contributed by atoms with Crippen molar-refractivity contribution < 1.29 is 9.59 Å². The minimum absolute atomic E-state index is 0.0456. The zero-order chi connectivity index (χ0) is 16.2. The average molecular weight is 314 g/mol. The topological polar surface area (TPSA) is 49.4 Å². The van der Waals surface area contributed by atoms with E-state index in [2.05, 4.69) is 36.5 Å². The molecule has 0 bridgehead atoms. The van der Waals surface area contributed by atoms with Gasteiger partial charge in [0.2, 0.25) is 11.8 Å². The van der Waals surface area contributed by atoms with E-state index in [0.717, 1.165) is 38.6 Å². The second kappa shape index (κ2) is 7.16. The Bertz CT molecular complexity index is 554. The molecule has 4 heteroatoms. The first-order valence-corrected chi connectivity index (χ1v) is 8.82. The van der Waals surface area contributed by atoms with E-state index >= 15 is 0 Å². The summed E-state index contributed by atoms with van der Waals surface area (Å²) in [5.41, 5.74) is 1.31. The van der Waals surface area contributed by atoms with Crippen molar-refractivity contribution in [1.29, 1.82) is 0 Å². The highest BCUT2D eigenvalue weighted by molar-refractivity contribution is 5.87. The molecule has 0 aromatic heterocycles. The molecule has 1 saturated heterocycles. The smallest absolute Gasteiger partial charge is 0.242 e. The number of nitrogens with one attached hydrogen (secondary N) is 1. The molecule has 2 aliphatic rings. The van der Waals surface area contributed by atoms with Crippen molar-refractivity contribution in [2.75, 3.05) is 13.1 Å². The molecule has 23 heavy (non-hydrogen) atoms. The molecule has 1 N–H and O–H groups in total. The molecule has 4 nitrogen and oxygen atoms in total. The van der Waals surface area contributed by atoms with Gasteiger partial charge in [0, 0.05) is 24.4 Å². The second-order valence-corrected chi connectivity index (χ2v) is 6.71. The maximum Gasteiger partial charge on any atom is 0.242 e. The lowest BCUT2D eigenvalue weighted by molar-refractivity contribution is -0.134. The van der Waals surface area contributed by atoms with Crippen molar-refractivity contribution in [3.05, 3.63) is 35.9 Å². The summed E-state index contributed by atoms with van der Waals surface area (Å²) in [6, 6.07) is 10.7. The number of nitrogens with zero attached hydrogens (tertiary/aromatic N) is 1. The van der Waals surface area contributed by atoms with E-state index in [1.54, 1.807) is 0 Å². The largest absolute Gasteiger partial charge is 0.347 e. The Morgan fingerprint density at radius 1 is 1.22 bits per heavy atom. The van der Waals surface area contributed by atoms with Crippen LogP contribution in [0, 0.1) is 5.92 Å². The molecule has 0 radical (unpaired) electrons. The van der Waals surface area contributed by atoms with E-state index in [-0.39, 0.29) is 30.3 Å². The Morgan fingerprint density at radius 3 is 2.61 bits per heavy atom. The number of amides is 2. The molecule has 1 aromatic rings. The average Bonchev–Trinajstić information content (AvgIpc) is 3.33. The van der Waals surface area contributed by atoms with E-state index < -0.39 is 0 Å². The SMILES string of the molecule is CC[C@H](c1ccccc1)[C@H]1CCCN1C(=O)CNC(=O)C1CC1. The lowest BCUT2D eigenvalue weighted by Crippen LogP contribution is -2.44. The van der Waals surface area contributed by atoms with Crippen molar-refractivity contribution in [2.24, 2.45) is 5.92 Å². The Labute approximate surface area is 138 Å². The van der Waals surface area contributed by atoms with Crippen LogP contribution in [0.25, 0.3) is 0 Å². The fraction of sp³-hybridized carbons (Fsp3) is 0.579. The van der Waals surface area contributed by atoms with Gasteiger partial charge in [-0.2, -0.15) is 0 Å². The Morgan fingerprint density at radius 2 is 1.96 bits per heavy atom. The van der Waals surface area contributed by atoms with Gasteiger partial charge in [0.05, 0.1) is 6.54 Å². The van der Waals surface area contributed by atoms with Crippen molar-refractivity contribution in [3.63, 3.8) is 0 Å². The lowest BCUT2D eigenvalue weighted by atomic mass is 9.87. The van der Waals surface area contributed by atoms with Crippen LogP contribution < -0.4 is 5.32 Å². The standard InChI is InChI=1S/C19H26N2O2/c1-2-16(14-7-4-3-5-8-14)17-9-6-12-21(17)18(22)13-20-19(23)15-10-11-15/h3-5,7-8,15-17H,2,6,9-13H2,1H3,(H,20,23)/t16-,17-/m1/s1. The quantitative estimate of drug-likeness (QED) is 0.877. The van der Waals surface area contributed by atoms with Crippen LogP contribution in [0.15, 0.2) is 30.3 Å². The first kappa shape index (κ1) is 16.0. The first-order chi connectivity index (χ1) is 11.2. The number of hydrogen-bond donors (Lipinski definition) is 1. The third-order valence-electron chi connectivity index (χ3n) is 5.11. The Kier molecular flexibility index (Phi) is 4.99. The molecule has 2 fully saturated rings. The summed E-state index contributed by atoms with van der Waals surface area (Å²) in [7, 11) is 0. The fourth-order valence-electron chi connectivity index (χ4n) is 3.70. The number of carbonyl (C=O) groups excluding carboxylic acids is 2. The molecule has 0 spiro atoms. The van der Waals surface area contributed by atoms with Gasteiger partial charge in [-0.1, -0.05) is 37.3 Å². The predicted octanol–water partition coefficient (Wildman–Crippen LogP) is 2.70. The zero-order valence-corrected chi connectivity index (χ0v) is 13.8. The molecular weight excluding hydrogens is 288 g/mol. The monoisotopic (exact) mass is 314 g/mol. The van der Waals surface area contributed by atoms with Crippen LogP contribution in [-0.2, 0) is 9.59 Å². The van der Waals surface area contributed by atoms with E-state index in [9.17, 15) is 9.59 Å². The van der Waals surface area contributed by atoms with Gasteiger partial charge < -0.3 is 10.2 Å². The van der Waals surface area contributed by atoms with Gasteiger partial charge in [-0.25, -0.2) is 0 Å². The normalized spacial score (nSPS) is 22.0. The summed E-state index contributed by atoms with van der Waals surface area (Å²) in [5, 5.41) is 2.81. The predicted molar refractivity (Wildman–Crippen MR) is 89.9 cm³/mol. The third-order valence-corrected chi connectivity index (χ3v) is 5.11. The highest BCUT2D eigenvalue weighted by atomic mass is 16.2. The molecule has 3 rings (SSSR count). The first-order valence-electron chi connectivity index (χ1n) is 8.82. The molecule has 1 aliphatic heterocycles. The zero-order valence-electron chi connectivity index (χ0n) is 13.8. The van der Waals surface area contributed by atoms with Gasteiger partial charge in [-0.15, -0.1) is 0 Å². The van der Waals surface area contributed by atoms with E-state index in [0.29, 0.717) is 5.92 Å². The minimum atomic E-state index is 0.0456. The summed E-state index contributed by atoms with van der Waals surface area (Å²) >= 11 is 0. The van der Waals surface area contributed by atoms with Crippen molar-refractivity contribution in [1.82, 2.24) is 10.2 Å². The van der Waals surface area contributed by atoms with Crippen molar-refractivity contribution >= 4 is 11.8 Å². The fourth-order valence-corrected chi connectivity index (χ4v) is 3.70. The van der Waals surface area contributed by atoms with Crippen LogP contribution in [0.1, 0.15) is 50.5 Å². The summed E-state index contributed by atoms with van der Waals surface area (Å²) in [4.78, 5) is 26.3. The highest BCUT2D eigenvalue weighted by Crippen LogP contribution is 2.33. The summed E-state index contributed by atoms with van der Waals surface area (Å²) in [6.45, 7) is 3.15. The van der Waals surface area contributed by atoms with Gasteiger partial charge in [0.15, 0.2) is 0 Å². The van der Waals surface area contributed by atoms with Crippen LogP contribution in [0.2, 0.25) is 0 Å². The maximum absolute atomic E-state index is 12.6. The molecule has 1 saturated carbocycles. The number of benzene rings is 1. The molecule has 2 amide bonds. The molecule has 1 aromatic carbocycles. The van der Waals surface area contributed by atoms with Crippen LogP contribution in [0.4, 0.5) is 0 Å². The third kappa shape index (κ3) is 3.74.